The van der Waals surface area contributed by atoms with Gasteiger partial charge in [0.05, 0.1) is 11.3 Å². The zero-order valence-corrected chi connectivity index (χ0v) is 18.1. The molecule has 4 rings (SSSR count). The number of anilines is 1. The molecule has 166 valence electrons. The van der Waals surface area contributed by atoms with E-state index < -0.39 is 23.8 Å². The summed E-state index contributed by atoms with van der Waals surface area (Å²) in [6.45, 7) is 5.42. The number of carbonyl (C=O) groups is 4. The van der Waals surface area contributed by atoms with Crippen LogP contribution in [0, 0.1) is 20.8 Å². The van der Waals surface area contributed by atoms with Crippen molar-refractivity contribution in [3.05, 3.63) is 82.1 Å². The Balaban J connectivity index is 1.69. The van der Waals surface area contributed by atoms with Gasteiger partial charge in [-0.3, -0.25) is 14.9 Å². The van der Waals surface area contributed by atoms with Crippen molar-refractivity contribution in [2.45, 2.75) is 20.8 Å². The molecule has 0 unspecified atom stereocenters. The van der Waals surface area contributed by atoms with E-state index in [-0.39, 0.29) is 16.9 Å². The van der Waals surface area contributed by atoms with Crippen LogP contribution in [0.3, 0.4) is 0 Å². The van der Waals surface area contributed by atoms with Gasteiger partial charge < -0.3 is 9.52 Å². The van der Waals surface area contributed by atoms with Gasteiger partial charge in [-0.05, 0) is 73.9 Å². The number of barbiturate groups is 1. The first-order chi connectivity index (χ1) is 15.7. The zero-order chi connectivity index (χ0) is 23.9. The van der Waals surface area contributed by atoms with Crippen molar-refractivity contribution in [1.29, 1.82) is 0 Å². The van der Waals surface area contributed by atoms with Crippen molar-refractivity contribution in [2.24, 2.45) is 0 Å². The third kappa shape index (κ3) is 3.94. The molecule has 0 aliphatic carbocycles. The Morgan fingerprint density at radius 2 is 1.76 bits per heavy atom. The molecule has 1 saturated heterocycles. The van der Waals surface area contributed by atoms with Crippen LogP contribution in [0.4, 0.5) is 10.5 Å². The van der Waals surface area contributed by atoms with Crippen LogP contribution in [-0.2, 0) is 9.59 Å². The average Bonchev–Trinajstić information content (AvgIpc) is 3.22. The minimum absolute atomic E-state index is 0.158. The maximum absolute atomic E-state index is 13.1. The molecule has 1 aliphatic heterocycles. The van der Waals surface area contributed by atoms with Gasteiger partial charge in [-0.15, -0.1) is 0 Å². The quantitative estimate of drug-likeness (QED) is 0.459. The number of imide groups is 2. The van der Waals surface area contributed by atoms with Gasteiger partial charge in [0.2, 0.25) is 0 Å². The molecule has 2 heterocycles. The first kappa shape index (κ1) is 21.8. The van der Waals surface area contributed by atoms with E-state index in [1.807, 2.05) is 13.0 Å². The maximum atomic E-state index is 13.1. The molecule has 0 saturated carbocycles. The van der Waals surface area contributed by atoms with Gasteiger partial charge in [0, 0.05) is 5.56 Å². The van der Waals surface area contributed by atoms with Gasteiger partial charge >= 0.3 is 12.0 Å². The average molecular weight is 444 g/mol. The largest absolute Gasteiger partial charge is 0.478 e. The topological polar surface area (TPSA) is 117 Å². The summed E-state index contributed by atoms with van der Waals surface area (Å²) in [4.78, 5) is 50.1. The van der Waals surface area contributed by atoms with Crippen molar-refractivity contribution < 1.29 is 28.7 Å². The van der Waals surface area contributed by atoms with E-state index in [9.17, 15) is 19.2 Å². The van der Waals surface area contributed by atoms with E-state index in [0.717, 1.165) is 16.0 Å². The number of carboxylic acid groups (broad SMARTS) is 1. The van der Waals surface area contributed by atoms with Crippen molar-refractivity contribution in [3.8, 4) is 11.3 Å². The maximum Gasteiger partial charge on any atom is 0.335 e. The molecular weight excluding hydrogens is 424 g/mol. The van der Waals surface area contributed by atoms with Crippen molar-refractivity contribution in [3.63, 3.8) is 0 Å². The predicted octanol–water partition coefficient (Wildman–Crippen LogP) is 4.24. The molecule has 1 aromatic heterocycles. The molecule has 0 atom stereocenters. The lowest BCUT2D eigenvalue weighted by Crippen LogP contribution is -2.54. The number of hydrogen-bond donors (Lipinski definition) is 2. The Hall–Kier alpha value is -4.46. The second kappa shape index (κ2) is 8.23. The van der Waals surface area contributed by atoms with Gasteiger partial charge in [0.15, 0.2) is 0 Å². The summed E-state index contributed by atoms with van der Waals surface area (Å²) in [6, 6.07) is 12.3. The number of carbonyl (C=O) groups excluding carboxylic acids is 3. The van der Waals surface area contributed by atoms with Gasteiger partial charge in [-0.25, -0.2) is 14.5 Å². The highest BCUT2D eigenvalue weighted by Crippen LogP contribution is 2.29. The number of hydrogen-bond acceptors (Lipinski definition) is 5. The number of aromatic carboxylic acids is 1. The molecule has 0 radical (unpaired) electrons. The molecule has 1 aliphatic rings. The normalized spacial score (nSPS) is 15.2. The summed E-state index contributed by atoms with van der Waals surface area (Å²) in [5.74, 6) is -1.91. The van der Waals surface area contributed by atoms with Crippen LogP contribution >= 0.6 is 0 Å². The summed E-state index contributed by atoms with van der Waals surface area (Å²) >= 11 is 0. The number of furan rings is 1. The predicted molar refractivity (Wildman–Crippen MR) is 121 cm³/mol. The minimum atomic E-state index is -1.03. The first-order valence-electron chi connectivity index (χ1n) is 10.1. The summed E-state index contributed by atoms with van der Waals surface area (Å²) in [7, 11) is 0. The zero-order valence-electron chi connectivity index (χ0n) is 18.1. The number of carboxylic acids is 1. The van der Waals surface area contributed by atoms with E-state index in [4.69, 9.17) is 9.52 Å². The number of nitrogens with one attached hydrogen (secondary N) is 1. The molecule has 0 spiro atoms. The Kier molecular flexibility index (Phi) is 5.43. The minimum Gasteiger partial charge on any atom is -0.478 e. The molecular formula is C25H20N2O6. The van der Waals surface area contributed by atoms with Crippen LogP contribution in [0.25, 0.3) is 17.4 Å². The highest BCUT2D eigenvalue weighted by atomic mass is 16.4. The summed E-state index contributed by atoms with van der Waals surface area (Å²) in [5, 5.41) is 11.3. The van der Waals surface area contributed by atoms with Crippen LogP contribution < -0.4 is 10.2 Å². The number of amides is 4. The number of aryl methyl sites for hydroxylation is 2. The van der Waals surface area contributed by atoms with Gasteiger partial charge in [-0.1, -0.05) is 18.2 Å². The van der Waals surface area contributed by atoms with E-state index in [2.05, 4.69) is 5.32 Å². The molecule has 33 heavy (non-hydrogen) atoms. The molecule has 8 heteroatoms. The SMILES string of the molecule is Cc1cc(C(=O)O)ccc1-c1ccc(/C=C2\C(=O)NC(=O)N(c3cccc(C)c3C)C2=O)o1. The molecule has 2 aromatic carbocycles. The van der Waals surface area contributed by atoms with Gasteiger partial charge in [0.25, 0.3) is 11.8 Å². The van der Waals surface area contributed by atoms with Crippen LogP contribution in [-0.4, -0.2) is 28.9 Å². The Morgan fingerprint density at radius 1 is 1.00 bits per heavy atom. The van der Waals surface area contributed by atoms with Crippen LogP contribution in [0.15, 0.2) is 58.5 Å². The van der Waals surface area contributed by atoms with E-state index in [1.165, 1.54) is 18.2 Å². The van der Waals surface area contributed by atoms with Crippen LogP contribution in [0.2, 0.25) is 0 Å². The van der Waals surface area contributed by atoms with E-state index in [1.54, 1.807) is 44.2 Å². The third-order valence-corrected chi connectivity index (χ3v) is 5.57. The van der Waals surface area contributed by atoms with Crippen molar-refractivity contribution in [2.75, 3.05) is 4.90 Å². The second-order valence-corrected chi connectivity index (χ2v) is 7.71. The standard InChI is InChI=1S/C25H20N2O6/c1-13-5-4-6-20(15(13)3)27-23(29)19(22(28)26-25(27)32)12-17-8-10-21(33-17)18-9-7-16(24(30)31)11-14(18)2/h4-12H,1-3H3,(H,30,31)(H,26,28,32)/b19-12+. The summed E-state index contributed by atoms with van der Waals surface area (Å²) < 4.78 is 5.80. The smallest absolute Gasteiger partial charge is 0.335 e. The van der Waals surface area contributed by atoms with Gasteiger partial charge in [0.1, 0.15) is 17.1 Å². The lowest BCUT2D eigenvalue weighted by Gasteiger charge is -2.27. The van der Waals surface area contributed by atoms with Crippen molar-refractivity contribution in [1.82, 2.24) is 5.32 Å². The Labute approximate surface area is 189 Å². The molecule has 1 fully saturated rings. The fourth-order valence-electron chi connectivity index (χ4n) is 3.64. The highest BCUT2D eigenvalue weighted by Gasteiger charge is 2.37. The highest BCUT2D eigenvalue weighted by molar-refractivity contribution is 6.39. The van der Waals surface area contributed by atoms with E-state index >= 15 is 0 Å². The van der Waals surface area contributed by atoms with Crippen LogP contribution in [0.1, 0.15) is 32.8 Å². The number of rotatable bonds is 4. The summed E-state index contributed by atoms with van der Waals surface area (Å²) in [5.41, 5.74) is 3.33. The second-order valence-electron chi connectivity index (χ2n) is 7.71. The monoisotopic (exact) mass is 444 g/mol. The Bertz CT molecular complexity index is 1360. The third-order valence-electron chi connectivity index (χ3n) is 5.57. The lowest BCUT2D eigenvalue weighted by molar-refractivity contribution is -0.122. The summed E-state index contributed by atoms with van der Waals surface area (Å²) in [6.07, 6.45) is 1.28. The fraction of sp³-hybridized carbons (Fsp3) is 0.120. The first-order valence-corrected chi connectivity index (χ1v) is 10.1. The van der Waals surface area contributed by atoms with Crippen LogP contribution in [0.5, 0.6) is 0 Å². The number of benzene rings is 2. The molecule has 4 amide bonds. The molecule has 2 N–H and O–H groups in total. The Morgan fingerprint density at radius 3 is 2.45 bits per heavy atom. The molecule has 3 aromatic rings. The van der Waals surface area contributed by atoms with Gasteiger partial charge in [-0.2, -0.15) is 0 Å². The fourth-order valence-corrected chi connectivity index (χ4v) is 3.64. The number of nitrogens with zero attached hydrogens (tertiary/aromatic N) is 1. The lowest BCUT2D eigenvalue weighted by atomic mass is 10.0. The number of urea groups is 1. The van der Waals surface area contributed by atoms with E-state index in [0.29, 0.717) is 22.6 Å². The molecule has 8 nitrogen and oxygen atoms in total. The van der Waals surface area contributed by atoms with Crippen molar-refractivity contribution >= 4 is 35.6 Å². The molecule has 0 bridgehead atoms.